The van der Waals surface area contributed by atoms with Crippen molar-refractivity contribution >= 4 is 5.84 Å². The average molecular weight is 297 g/mol. The van der Waals surface area contributed by atoms with Crippen LogP contribution in [0.4, 0.5) is 13.2 Å². The highest BCUT2D eigenvalue weighted by Crippen LogP contribution is 2.27. The van der Waals surface area contributed by atoms with Crippen LogP contribution in [-0.2, 0) is 0 Å². The number of nitrogens with two attached hydrogens (primary N) is 1. The average Bonchev–Trinajstić information content (AvgIpc) is 2.40. The first-order valence-electron chi connectivity index (χ1n) is 5.67. The van der Waals surface area contributed by atoms with Gasteiger partial charge in [0, 0.05) is 12.3 Å². The van der Waals surface area contributed by atoms with Crippen molar-refractivity contribution in [3.05, 3.63) is 48.3 Å². The molecule has 0 amide bonds. The molecule has 1 aromatic carbocycles. The number of alkyl halides is 3. The van der Waals surface area contributed by atoms with E-state index in [1.54, 1.807) is 0 Å². The lowest BCUT2D eigenvalue weighted by atomic mass is 10.3. The van der Waals surface area contributed by atoms with Crippen molar-refractivity contribution < 1.29 is 22.6 Å². The molecular weight excluding hydrogens is 287 g/mol. The van der Waals surface area contributed by atoms with Gasteiger partial charge >= 0.3 is 6.36 Å². The van der Waals surface area contributed by atoms with E-state index in [0.717, 1.165) is 12.1 Å². The van der Waals surface area contributed by atoms with Gasteiger partial charge in [0.15, 0.2) is 0 Å². The molecule has 0 aliphatic rings. The normalized spacial score (nSPS) is 11.0. The molecule has 0 unspecified atom stereocenters. The standard InChI is InChI=1S/C13H10F3N3O2/c14-13(15,16)21-9-3-1-8(2-4-9)20-10-5-6-19-11(7-10)12(17)18/h1-7H,(H3,17,18). The van der Waals surface area contributed by atoms with Gasteiger partial charge in [-0.1, -0.05) is 0 Å². The van der Waals surface area contributed by atoms with Gasteiger partial charge in [0.1, 0.15) is 28.8 Å². The molecule has 0 aliphatic heterocycles. The maximum atomic E-state index is 12.0. The molecule has 110 valence electrons. The number of ether oxygens (including phenoxy) is 2. The molecule has 0 aliphatic carbocycles. The van der Waals surface area contributed by atoms with E-state index in [-0.39, 0.29) is 17.3 Å². The summed E-state index contributed by atoms with van der Waals surface area (Å²) >= 11 is 0. The zero-order valence-electron chi connectivity index (χ0n) is 10.5. The second-order valence-corrected chi connectivity index (χ2v) is 3.91. The number of pyridine rings is 1. The molecule has 1 heterocycles. The number of hydrogen-bond acceptors (Lipinski definition) is 4. The summed E-state index contributed by atoms with van der Waals surface area (Å²) in [6, 6.07) is 7.91. The molecule has 0 saturated heterocycles. The Hall–Kier alpha value is -2.77. The predicted octanol–water partition coefficient (Wildman–Crippen LogP) is 3.06. The van der Waals surface area contributed by atoms with Crippen LogP contribution in [0.3, 0.4) is 0 Å². The molecule has 1 aromatic heterocycles. The first-order valence-corrected chi connectivity index (χ1v) is 5.67. The minimum atomic E-state index is -4.73. The van der Waals surface area contributed by atoms with E-state index in [1.165, 1.54) is 30.5 Å². The van der Waals surface area contributed by atoms with Gasteiger partial charge in [0.2, 0.25) is 0 Å². The fourth-order valence-corrected chi connectivity index (χ4v) is 1.47. The molecule has 8 heteroatoms. The second-order valence-electron chi connectivity index (χ2n) is 3.91. The molecule has 0 saturated carbocycles. The SMILES string of the molecule is N=C(N)c1cc(Oc2ccc(OC(F)(F)F)cc2)ccn1. The van der Waals surface area contributed by atoms with E-state index in [4.69, 9.17) is 15.9 Å². The van der Waals surface area contributed by atoms with E-state index in [1.807, 2.05) is 0 Å². The van der Waals surface area contributed by atoms with E-state index < -0.39 is 6.36 Å². The van der Waals surface area contributed by atoms with Crippen LogP contribution < -0.4 is 15.2 Å². The van der Waals surface area contributed by atoms with Crippen molar-refractivity contribution in [3.8, 4) is 17.2 Å². The summed E-state index contributed by atoms with van der Waals surface area (Å²) in [6.07, 6.45) is -3.32. The number of hydrogen-bond donors (Lipinski definition) is 2. The smallest absolute Gasteiger partial charge is 0.457 e. The quantitative estimate of drug-likeness (QED) is 0.671. The van der Waals surface area contributed by atoms with E-state index in [2.05, 4.69) is 9.72 Å². The van der Waals surface area contributed by atoms with Crippen LogP contribution in [0.15, 0.2) is 42.6 Å². The van der Waals surface area contributed by atoms with Gasteiger partial charge in [-0.05, 0) is 30.3 Å². The number of nitrogen functional groups attached to an aromatic ring is 1. The van der Waals surface area contributed by atoms with Gasteiger partial charge in [-0.3, -0.25) is 10.4 Å². The highest BCUT2D eigenvalue weighted by atomic mass is 19.4. The van der Waals surface area contributed by atoms with Crippen LogP contribution in [-0.4, -0.2) is 17.2 Å². The number of nitrogens with one attached hydrogen (secondary N) is 1. The Bertz CT molecular complexity index is 642. The second kappa shape index (κ2) is 5.70. The van der Waals surface area contributed by atoms with Crippen molar-refractivity contribution in [2.24, 2.45) is 5.73 Å². The fraction of sp³-hybridized carbons (Fsp3) is 0.0769. The third-order valence-electron chi connectivity index (χ3n) is 2.30. The molecule has 5 nitrogen and oxygen atoms in total. The van der Waals surface area contributed by atoms with Crippen molar-refractivity contribution in [3.63, 3.8) is 0 Å². The fourth-order valence-electron chi connectivity index (χ4n) is 1.47. The van der Waals surface area contributed by atoms with E-state index in [9.17, 15) is 13.2 Å². The van der Waals surface area contributed by atoms with Crippen LogP contribution >= 0.6 is 0 Å². The molecule has 2 aromatic rings. The van der Waals surface area contributed by atoms with Crippen LogP contribution in [0.5, 0.6) is 17.2 Å². The topological polar surface area (TPSA) is 81.2 Å². The van der Waals surface area contributed by atoms with Crippen LogP contribution in [0, 0.1) is 5.41 Å². The predicted molar refractivity (Wildman–Crippen MR) is 68.5 cm³/mol. The Morgan fingerprint density at radius 1 is 1.05 bits per heavy atom. The van der Waals surface area contributed by atoms with Gasteiger partial charge < -0.3 is 15.2 Å². The third kappa shape index (κ3) is 4.37. The molecule has 0 spiro atoms. The van der Waals surface area contributed by atoms with Gasteiger partial charge in [0.25, 0.3) is 0 Å². The van der Waals surface area contributed by atoms with Gasteiger partial charge in [0.05, 0.1) is 0 Å². The first-order chi connectivity index (χ1) is 9.83. The Morgan fingerprint density at radius 2 is 1.67 bits per heavy atom. The summed E-state index contributed by atoms with van der Waals surface area (Å²) in [4.78, 5) is 3.86. The first kappa shape index (κ1) is 14.6. The monoisotopic (exact) mass is 297 g/mol. The Kier molecular flexibility index (Phi) is 3.97. The minimum Gasteiger partial charge on any atom is -0.457 e. The summed E-state index contributed by atoms with van der Waals surface area (Å²) in [7, 11) is 0. The highest BCUT2D eigenvalue weighted by molar-refractivity contribution is 5.93. The summed E-state index contributed by atoms with van der Waals surface area (Å²) < 4.78 is 45.2. The third-order valence-corrected chi connectivity index (χ3v) is 2.30. The maximum absolute atomic E-state index is 12.0. The lowest BCUT2D eigenvalue weighted by Crippen LogP contribution is -2.16. The number of halogens is 3. The number of benzene rings is 1. The van der Waals surface area contributed by atoms with Gasteiger partial charge in [-0.25, -0.2) is 0 Å². The minimum absolute atomic E-state index is 0.214. The summed E-state index contributed by atoms with van der Waals surface area (Å²) in [5, 5.41) is 7.26. The molecule has 0 fully saturated rings. The molecular formula is C13H10F3N3O2. The summed E-state index contributed by atoms with van der Waals surface area (Å²) in [5.41, 5.74) is 5.54. The summed E-state index contributed by atoms with van der Waals surface area (Å²) in [6.45, 7) is 0. The van der Waals surface area contributed by atoms with Crippen molar-refractivity contribution in [1.82, 2.24) is 4.98 Å². The van der Waals surface area contributed by atoms with Crippen LogP contribution in [0.25, 0.3) is 0 Å². The molecule has 0 radical (unpaired) electrons. The van der Waals surface area contributed by atoms with Crippen molar-refractivity contribution in [2.75, 3.05) is 0 Å². The lowest BCUT2D eigenvalue weighted by Gasteiger charge is -2.10. The maximum Gasteiger partial charge on any atom is 0.573 e. The van der Waals surface area contributed by atoms with Crippen LogP contribution in [0.1, 0.15) is 5.69 Å². The number of aromatic nitrogens is 1. The number of nitrogens with zero attached hydrogens (tertiary/aromatic N) is 1. The Morgan fingerprint density at radius 3 is 2.24 bits per heavy atom. The largest absolute Gasteiger partial charge is 0.573 e. The number of rotatable bonds is 4. The molecule has 21 heavy (non-hydrogen) atoms. The van der Waals surface area contributed by atoms with E-state index in [0.29, 0.717) is 11.5 Å². The molecule has 2 rings (SSSR count). The Labute approximate surface area is 117 Å². The van der Waals surface area contributed by atoms with Crippen molar-refractivity contribution in [2.45, 2.75) is 6.36 Å². The van der Waals surface area contributed by atoms with Gasteiger partial charge in [-0.15, -0.1) is 13.2 Å². The van der Waals surface area contributed by atoms with E-state index >= 15 is 0 Å². The summed E-state index contributed by atoms with van der Waals surface area (Å²) in [5.74, 6) is 0.119. The zero-order chi connectivity index (χ0) is 15.5. The molecule has 0 bridgehead atoms. The zero-order valence-corrected chi connectivity index (χ0v) is 10.5. The van der Waals surface area contributed by atoms with Gasteiger partial charge in [-0.2, -0.15) is 0 Å². The highest BCUT2D eigenvalue weighted by Gasteiger charge is 2.30. The van der Waals surface area contributed by atoms with Crippen molar-refractivity contribution in [1.29, 1.82) is 5.41 Å². The molecule has 3 N–H and O–H groups in total. The molecule has 0 atom stereocenters. The van der Waals surface area contributed by atoms with Crippen LogP contribution in [0.2, 0.25) is 0 Å². The lowest BCUT2D eigenvalue weighted by molar-refractivity contribution is -0.274. The Balaban J connectivity index is 2.10. The number of amidine groups is 1.